The van der Waals surface area contributed by atoms with Gasteiger partial charge in [0.15, 0.2) is 0 Å². The SMILES string of the molecule is C#CC/C=C(\C)C(O)C#C. The van der Waals surface area contributed by atoms with Crippen molar-refractivity contribution >= 4 is 0 Å². The Bertz CT molecular complexity index is 200. The maximum Gasteiger partial charge on any atom is 0.135 e. The molecule has 0 amide bonds. The molecule has 0 aromatic carbocycles. The molecule has 0 heterocycles. The van der Waals surface area contributed by atoms with E-state index in [0.29, 0.717) is 6.42 Å². The van der Waals surface area contributed by atoms with Gasteiger partial charge in [-0.1, -0.05) is 12.0 Å². The first-order chi connectivity index (χ1) is 4.72. The van der Waals surface area contributed by atoms with Gasteiger partial charge in [-0.2, -0.15) is 0 Å². The van der Waals surface area contributed by atoms with Crippen molar-refractivity contribution in [3.8, 4) is 24.7 Å². The second-order valence-electron chi connectivity index (χ2n) is 1.93. The topological polar surface area (TPSA) is 20.2 Å². The van der Waals surface area contributed by atoms with Crippen LogP contribution in [0.25, 0.3) is 0 Å². The van der Waals surface area contributed by atoms with Gasteiger partial charge in [-0.25, -0.2) is 0 Å². The number of aliphatic hydroxyl groups excluding tert-OH is 1. The van der Waals surface area contributed by atoms with E-state index in [0.717, 1.165) is 5.57 Å². The number of rotatable bonds is 2. The van der Waals surface area contributed by atoms with Gasteiger partial charge in [0.2, 0.25) is 0 Å². The summed E-state index contributed by atoms with van der Waals surface area (Å²) in [6.07, 6.45) is 11.4. The van der Waals surface area contributed by atoms with Gasteiger partial charge >= 0.3 is 0 Å². The van der Waals surface area contributed by atoms with E-state index in [1.807, 2.05) is 0 Å². The third kappa shape index (κ3) is 2.97. The minimum atomic E-state index is -0.784. The summed E-state index contributed by atoms with van der Waals surface area (Å²) >= 11 is 0. The molecule has 0 aliphatic heterocycles. The van der Waals surface area contributed by atoms with Crippen LogP contribution in [0.5, 0.6) is 0 Å². The summed E-state index contributed by atoms with van der Waals surface area (Å²) in [4.78, 5) is 0. The van der Waals surface area contributed by atoms with E-state index in [2.05, 4.69) is 11.8 Å². The molecule has 0 fully saturated rings. The second-order valence-corrected chi connectivity index (χ2v) is 1.93. The number of hydrogen-bond acceptors (Lipinski definition) is 1. The molecule has 1 unspecified atom stereocenters. The standard InChI is InChI=1S/C9H10O/c1-4-6-7-8(3)9(10)5-2/h1-2,7,9-10H,6H2,3H3/b8-7+. The third-order valence-corrected chi connectivity index (χ3v) is 1.13. The molecule has 0 rings (SSSR count). The third-order valence-electron chi connectivity index (χ3n) is 1.13. The Morgan fingerprint density at radius 3 is 2.70 bits per heavy atom. The zero-order valence-electron chi connectivity index (χ0n) is 5.96. The molecule has 0 saturated carbocycles. The predicted octanol–water partition coefficient (Wildman–Crippen LogP) is 0.950. The number of aliphatic hydroxyl groups is 1. The monoisotopic (exact) mass is 134 g/mol. The number of terminal acetylenes is 2. The van der Waals surface area contributed by atoms with Crippen LogP contribution in [0.4, 0.5) is 0 Å². The Morgan fingerprint density at radius 1 is 1.70 bits per heavy atom. The van der Waals surface area contributed by atoms with E-state index in [-0.39, 0.29) is 0 Å². The summed E-state index contributed by atoms with van der Waals surface area (Å²) < 4.78 is 0. The maximum atomic E-state index is 8.98. The van der Waals surface area contributed by atoms with Gasteiger partial charge in [-0.15, -0.1) is 18.8 Å². The fourth-order valence-electron chi connectivity index (χ4n) is 0.463. The molecule has 10 heavy (non-hydrogen) atoms. The molecule has 0 radical (unpaired) electrons. The summed E-state index contributed by atoms with van der Waals surface area (Å²) in [5, 5.41) is 8.98. The van der Waals surface area contributed by atoms with Crippen LogP contribution >= 0.6 is 0 Å². The average Bonchev–Trinajstić information content (AvgIpc) is 1.98. The first kappa shape index (κ1) is 8.82. The Kier molecular flexibility index (Phi) is 4.12. The van der Waals surface area contributed by atoms with Gasteiger partial charge in [-0.3, -0.25) is 0 Å². The molecule has 0 bridgehead atoms. The molecule has 1 heteroatoms. The summed E-state index contributed by atoms with van der Waals surface area (Å²) in [7, 11) is 0. The molecule has 0 saturated heterocycles. The van der Waals surface area contributed by atoms with Gasteiger partial charge in [0.25, 0.3) is 0 Å². The van der Waals surface area contributed by atoms with Gasteiger partial charge < -0.3 is 5.11 Å². The molecule has 0 aromatic heterocycles. The second kappa shape index (κ2) is 4.68. The Morgan fingerprint density at radius 2 is 2.30 bits per heavy atom. The maximum absolute atomic E-state index is 8.98. The van der Waals surface area contributed by atoms with Crippen molar-refractivity contribution in [3.05, 3.63) is 11.6 Å². The van der Waals surface area contributed by atoms with Gasteiger partial charge in [-0.05, 0) is 12.5 Å². The number of allylic oxidation sites excluding steroid dienone is 1. The highest BCUT2D eigenvalue weighted by molar-refractivity contribution is 5.17. The van der Waals surface area contributed by atoms with Crippen LogP contribution in [-0.4, -0.2) is 11.2 Å². The average molecular weight is 134 g/mol. The molecule has 1 N–H and O–H groups in total. The van der Waals surface area contributed by atoms with Crippen molar-refractivity contribution < 1.29 is 5.11 Å². The van der Waals surface area contributed by atoms with Crippen molar-refractivity contribution in [3.63, 3.8) is 0 Å². The summed E-state index contributed by atoms with van der Waals surface area (Å²) in [6.45, 7) is 1.75. The molecular formula is C9H10O. The fourth-order valence-corrected chi connectivity index (χ4v) is 0.463. The smallest absolute Gasteiger partial charge is 0.135 e. The van der Waals surface area contributed by atoms with Crippen molar-refractivity contribution in [2.45, 2.75) is 19.4 Å². The quantitative estimate of drug-likeness (QED) is 0.440. The van der Waals surface area contributed by atoms with Crippen LogP contribution in [0.2, 0.25) is 0 Å². The lowest BCUT2D eigenvalue weighted by Gasteiger charge is -2.00. The van der Waals surface area contributed by atoms with Crippen molar-refractivity contribution in [1.82, 2.24) is 0 Å². The largest absolute Gasteiger partial charge is 0.376 e. The summed E-state index contributed by atoms with van der Waals surface area (Å²) in [5.41, 5.74) is 0.737. The highest BCUT2D eigenvalue weighted by atomic mass is 16.3. The van der Waals surface area contributed by atoms with Crippen LogP contribution in [0.3, 0.4) is 0 Å². The first-order valence-electron chi connectivity index (χ1n) is 2.96. The van der Waals surface area contributed by atoms with Crippen molar-refractivity contribution in [2.24, 2.45) is 0 Å². The van der Waals surface area contributed by atoms with Crippen LogP contribution < -0.4 is 0 Å². The van der Waals surface area contributed by atoms with Gasteiger partial charge in [0, 0.05) is 6.42 Å². The van der Waals surface area contributed by atoms with E-state index in [1.54, 1.807) is 13.0 Å². The highest BCUT2D eigenvalue weighted by Crippen LogP contribution is 2.00. The highest BCUT2D eigenvalue weighted by Gasteiger charge is 1.98. The minimum absolute atomic E-state index is 0.518. The zero-order chi connectivity index (χ0) is 7.98. The lowest BCUT2D eigenvalue weighted by molar-refractivity contribution is 0.268. The fraction of sp³-hybridized carbons (Fsp3) is 0.333. The van der Waals surface area contributed by atoms with Crippen LogP contribution in [0.15, 0.2) is 11.6 Å². The molecule has 0 aromatic rings. The number of hydrogen-bond donors (Lipinski definition) is 1. The summed E-state index contributed by atoms with van der Waals surface area (Å²) in [5.74, 6) is 4.61. The minimum Gasteiger partial charge on any atom is -0.376 e. The Hall–Kier alpha value is -1.18. The molecule has 0 aliphatic carbocycles. The Labute approximate surface area is 61.8 Å². The van der Waals surface area contributed by atoms with Gasteiger partial charge in [0.1, 0.15) is 6.10 Å². The van der Waals surface area contributed by atoms with Crippen LogP contribution in [-0.2, 0) is 0 Å². The molecule has 1 nitrogen and oxygen atoms in total. The van der Waals surface area contributed by atoms with Gasteiger partial charge in [0.05, 0.1) is 0 Å². The van der Waals surface area contributed by atoms with Crippen molar-refractivity contribution in [1.29, 1.82) is 0 Å². The summed E-state index contributed by atoms with van der Waals surface area (Å²) in [6, 6.07) is 0. The van der Waals surface area contributed by atoms with Crippen molar-refractivity contribution in [2.75, 3.05) is 0 Å². The Balaban J connectivity index is 3.98. The molecule has 1 atom stereocenters. The van der Waals surface area contributed by atoms with Crippen LogP contribution in [0, 0.1) is 24.7 Å². The zero-order valence-corrected chi connectivity index (χ0v) is 5.96. The lowest BCUT2D eigenvalue weighted by Crippen LogP contribution is -2.03. The normalized spacial score (nSPS) is 13.4. The van der Waals surface area contributed by atoms with Crippen LogP contribution in [0.1, 0.15) is 13.3 Å². The first-order valence-corrected chi connectivity index (χ1v) is 2.96. The van der Waals surface area contributed by atoms with E-state index in [9.17, 15) is 0 Å². The predicted molar refractivity (Wildman–Crippen MR) is 42.0 cm³/mol. The van der Waals surface area contributed by atoms with E-state index in [1.165, 1.54) is 0 Å². The lowest BCUT2D eigenvalue weighted by atomic mass is 10.1. The molecule has 0 aliphatic rings. The van der Waals surface area contributed by atoms with E-state index in [4.69, 9.17) is 18.0 Å². The molecule has 0 spiro atoms. The molecular weight excluding hydrogens is 124 g/mol. The van der Waals surface area contributed by atoms with E-state index < -0.39 is 6.10 Å². The van der Waals surface area contributed by atoms with E-state index >= 15 is 0 Å². The molecule has 52 valence electrons.